The highest BCUT2D eigenvalue weighted by molar-refractivity contribution is 7.10. The van der Waals surface area contributed by atoms with Crippen molar-refractivity contribution >= 4 is 17.3 Å². The third-order valence-electron chi connectivity index (χ3n) is 4.74. The van der Waals surface area contributed by atoms with E-state index in [0.29, 0.717) is 18.3 Å². The molecule has 6 nitrogen and oxygen atoms in total. The SMILES string of the molecule is CCNC(=NCc1noc(C)n1)NCC1(c2cccs2)CCCCC1. The zero-order valence-electron chi connectivity index (χ0n) is 15.0. The van der Waals surface area contributed by atoms with Crippen LogP contribution in [0.25, 0.3) is 0 Å². The lowest BCUT2D eigenvalue weighted by molar-refractivity contribution is 0.296. The van der Waals surface area contributed by atoms with Crippen molar-refractivity contribution in [3.05, 3.63) is 34.1 Å². The molecule has 2 N–H and O–H groups in total. The summed E-state index contributed by atoms with van der Waals surface area (Å²) in [5, 5.41) is 13.0. The first-order valence-electron chi connectivity index (χ1n) is 9.07. The maximum absolute atomic E-state index is 5.01. The van der Waals surface area contributed by atoms with E-state index in [4.69, 9.17) is 4.52 Å². The molecule has 0 spiro atoms. The third-order valence-corrected chi connectivity index (χ3v) is 5.86. The molecular formula is C18H27N5OS. The van der Waals surface area contributed by atoms with E-state index in [1.165, 1.54) is 37.0 Å². The molecule has 0 saturated heterocycles. The fourth-order valence-corrected chi connectivity index (χ4v) is 4.46. The Bertz CT molecular complexity index is 673. The van der Waals surface area contributed by atoms with Gasteiger partial charge in [-0.05, 0) is 31.2 Å². The van der Waals surface area contributed by atoms with Crippen molar-refractivity contribution in [2.75, 3.05) is 13.1 Å². The van der Waals surface area contributed by atoms with E-state index < -0.39 is 0 Å². The fourth-order valence-electron chi connectivity index (χ4n) is 3.47. The summed E-state index contributed by atoms with van der Waals surface area (Å²) in [6.45, 7) is 6.01. The van der Waals surface area contributed by atoms with Gasteiger partial charge in [0.05, 0.1) is 0 Å². The fraction of sp³-hybridized carbons (Fsp3) is 0.611. The predicted molar refractivity (Wildman–Crippen MR) is 101 cm³/mol. The molecular weight excluding hydrogens is 334 g/mol. The number of aryl methyl sites for hydroxylation is 1. The minimum Gasteiger partial charge on any atom is -0.357 e. The number of nitrogens with zero attached hydrogens (tertiary/aromatic N) is 3. The van der Waals surface area contributed by atoms with Crippen LogP contribution in [-0.4, -0.2) is 29.2 Å². The van der Waals surface area contributed by atoms with Crippen LogP contribution < -0.4 is 10.6 Å². The molecule has 1 saturated carbocycles. The van der Waals surface area contributed by atoms with Gasteiger partial charge < -0.3 is 15.2 Å². The highest BCUT2D eigenvalue weighted by Gasteiger charge is 2.34. The average Bonchev–Trinajstić information content (AvgIpc) is 3.30. The lowest BCUT2D eigenvalue weighted by Crippen LogP contribution is -2.46. The minimum atomic E-state index is 0.228. The van der Waals surface area contributed by atoms with Gasteiger partial charge in [0.2, 0.25) is 5.89 Å². The van der Waals surface area contributed by atoms with Crippen molar-refractivity contribution in [1.82, 2.24) is 20.8 Å². The van der Waals surface area contributed by atoms with Crippen molar-refractivity contribution < 1.29 is 4.52 Å². The van der Waals surface area contributed by atoms with Crippen LogP contribution in [-0.2, 0) is 12.0 Å². The summed E-state index contributed by atoms with van der Waals surface area (Å²) in [6.07, 6.45) is 6.43. The lowest BCUT2D eigenvalue weighted by Gasteiger charge is -2.37. The zero-order chi connectivity index (χ0) is 17.5. The maximum atomic E-state index is 5.01. The van der Waals surface area contributed by atoms with Crippen LogP contribution in [0, 0.1) is 6.92 Å². The highest BCUT2D eigenvalue weighted by Crippen LogP contribution is 2.41. The second-order valence-electron chi connectivity index (χ2n) is 6.60. The number of hydrogen-bond acceptors (Lipinski definition) is 5. The van der Waals surface area contributed by atoms with Crippen LogP contribution in [0.4, 0.5) is 0 Å². The molecule has 0 aliphatic heterocycles. The lowest BCUT2D eigenvalue weighted by atomic mass is 9.73. The first-order valence-corrected chi connectivity index (χ1v) is 9.95. The van der Waals surface area contributed by atoms with E-state index in [1.807, 2.05) is 11.3 Å². The topological polar surface area (TPSA) is 75.3 Å². The first-order chi connectivity index (χ1) is 12.2. The summed E-state index contributed by atoms with van der Waals surface area (Å²) in [6, 6.07) is 4.44. The number of nitrogens with one attached hydrogen (secondary N) is 2. The van der Waals surface area contributed by atoms with Crippen molar-refractivity contribution in [3.8, 4) is 0 Å². The Labute approximate surface area is 153 Å². The summed E-state index contributed by atoms with van der Waals surface area (Å²) in [4.78, 5) is 10.3. The van der Waals surface area contributed by atoms with Gasteiger partial charge in [-0.1, -0.05) is 30.5 Å². The van der Waals surface area contributed by atoms with Crippen LogP contribution in [0.2, 0.25) is 0 Å². The Morgan fingerprint density at radius 3 is 2.80 bits per heavy atom. The van der Waals surface area contributed by atoms with E-state index in [9.17, 15) is 0 Å². The molecule has 0 bridgehead atoms. The highest BCUT2D eigenvalue weighted by atomic mass is 32.1. The molecule has 0 atom stereocenters. The van der Waals surface area contributed by atoms with E-state index in [1.54, 1.807) is 6.92 Å². The Morgan fingerprint density at radius 2 is 2.16 bits per heavy atom. The van der Waals surface area contributed by atoms with E-state index >= 15 is 0 Å². The molecule has 25 heavy (non-hydrogen) atoms. The Kier molecular flexibility index (Phi) is 6.07. The van der Waals surface area contributed by atoms with Crippen LogP contribution >= 0.6 is 11.3 Å². The van der Waals surface area contributed by atoms with Crippen molar-refractivity contribution in [2.45, 2.75) is 57.9 Å². The summed E-state index contributed by atoms with van der Waals surface area (Å²) < 4.78 is 5.01. The molecule has 1 aliphatic carbocycles. The standard InChI is InChI=1S/C18H27N5OS/c1-3-19-17(20-12-16-22-14(2)24-23-16)21-13-18(9-5-4-6-10-18)15-8-7-11-25-15/h7-8,11H,3-6,9-10,12-13H2,1-2H3,(H2,19,20,21). The van der Waals surface area contributed by atoms with Crippen molar-refractivity contribution in [2.24, 2.45) is 4.99 Å². The molecule has 3 rings (SSSR count). The number of aromatic nitrogens is 2. The number of thiophene rings is 1. The van der Waals surface area contributed by atoms with Crippen molar-refractivity contribution in [3.63, 3.8) is 0 Å². The minimum absolute atomic E-state index is 0.228. The first kappa shape index (κ1) is 17.9. The maximum Gasteiger partial charge on any atom is 0.223 e. The van der Waals surface area contributed by atoms with Gasteiger partial charge >= 0.3 is 0 Å². The molecule has 0 aromatic carbocycles. The van der Waals surface area contributed by atoms with E-state index in [2.05, 4.69) is 50.2 Å². The van der Waals surface area contributed by atoms with Gasteiger partial charge in [-0.2, -0.15) is 4.98 Å². The second kappa shape index (κ2) is 8.47. The molecule has 2 aromatic rings. The smallest absolute Gasteiger partial charge is 0.223 e. The van der Waals surface area contributed by atoms with Gasteiger partial charge in [0.1, 0.15) is 6.54 Å². The average molecular weight is 362 g/mol. The van der Waals surface area contributed by atoms with Gasteiger partial charge in [-0.3, -0.25) is 0 Å². The molecule has 0 unspecified atom stereocenters. The third kappa shape index (κ3) is 4.60. The molecule has 0 amide bonds. The number of aliphatic imine (C=N–C) groups is 1. The van der Waals surface area contributed by atoms with Gasteiger partial charge in [0, 0.05) is 30.3 Å². The molecule has 0 radical (unpaired) electrons. The van der Waals surface area contributed by atoms with Gasteiger partial charge in [-0.25, -0.2) is 4.99 Å². The molecule has 136 valence electrons. The van der Waals surface area contributed by atoms with Crippen molar-refractivity contribution in [1.29, 1.82) is 0 Å². The number of guanidine groups is 1. The quantitative estimate of drug-likeness (QED) is 0.609. The summed E-state index contributed by atoms with van der Waals surface area (Å²) in [5.74, 6) is 1.99. The molecule has 2 heterocycles. The summed E-state index contributed by atoms with van der Waals surface area (Å²) in [7, 11) is 0. The Hall–Kier alpha value is -1.89. The molecule has 7 heteroatoms. The van der Waals surface area contributed by atoms with Crippen LogP contribution in [0.5, 0.6) is 0 Å². The normalized spacial score (nSPS) is 17.4. The second-order valence-corrected chi connectivity index (χ2v) is 7.54. The largest absolute Gasteiger partial charge is 0.357 e. The molecule has 1 fully saturated rings. The Balaban J connectivity index is 1.68. The van der Waals surface area contributed by atoms with Gasteiger partial charge in [-0.15, -0.1) is 11.3 Å². The van der Waals surface area contributed by atoms with E-state index in [-0.39, 0.29) is 5.41 Å². The number of rotatable bonds is 6. The van der Waals surface area contributed by atoms with Gasteiger partial charge in [0.25, 0.3) is 0 Å². The summed E-state index contributed by atoms with van der Waals surface area (Å²) >= 11 is 1.87. The number of hydrogen-bond donors (Lipinski definition) is 2. The van der Waals surface area contributed by atoms with Crippen LogP contribution in [0.1, 0.15) is 55.6 Å². The monoisotopic (exact) mass is 361 g/mol. The Morgan fingerprint density at radius 1 is 1.32 bits per heavy atom. The van der Waals surface area contributed by atoms with E-state index in [0.717, 1.165) is 19.0 Å². The summed E-state index contributed by atoms with van der Waals surface area (Å²) in [5.41, 5.74) is 0.228. The zero-order valence-corrected chi connectivity index (χ0v) is 15.9. The molecule has 2 aromatic heterocycles. The van der Waals surface area contributed by atoms with Crippen LogP contribution in [0.3, 0.4) is 0 Å². The predicted octanol–water partition coefficient (Wildman–Crippen LogP) is 3.40. The molecule has 1 aliphatic rings. The van der Waals surface area contributed by atoms with Gasteiger partial charge in [0.15, 0.2) is 11.8 Å². The van der Waals surface area contributed by atoms with Crippen LogP contribution in [0.15, 0.2) is 27.0 Å².